The van der Waals surface area contributed by atoms with E-state index >= 15 is 0 Å². The highest BCUT2D eigenvalue weighted by Gasteiger charge is 2.17. The van der Waals surface area contributed by atoms with Gasteiger partial charge in [0.15, 0.2) is 0 Å². The fourth-order valence-corrected chi connectivity index (χ4v) is 1.24. The summed E-state index contributed by atoms with van der Waals surface area (Å²) in [7, 11) is 5.80. The van der Waals surface area contributed by atoms with Gasteiger partial charge in [-0.15, -0.1) is 0 Å². The topological polar surface area (TPSA) is 240 Å². The van der Waals surface area contributed by atoms with Crippen molar-refractivity contribution in [3.8, 4) is 0 Å². The van der Waals surface area contributed by atoms with Crippen molar-refractivity contribution < 1.29 is 53.3 Å². The van der Waals surface area contributed by atoms with Crippen LogP contribution in [-0.2, 0) is 43.1 Å². The lowest BCUT2D eigenvalue weighted by atomic mass is 10.5. The Morgan fingerprint density at radius 3 is 1.20 bits per heavy atom. The van der Waals surface area contributed by atoms with E-state index in [1.807, 2.05) is 0 Å². The van der Waals surface area contributed by atoms with Gasteiger partial charge in [0, 0.05) is 69.8 Å². The normalized spacial score (nSPS) is 12.8. The summed E-state index contributed by atoms with van der Waals surface area (Å²) in [6, 6.07) is 0. The Morgan fingerprint density at radius 1 is 0.743 bits per heavy atom. The highest BCUT2D eigenvalue weighted by molar-refractivity contribution is 6.12. The Kier molecular flexibility index (Phi) is 20.8. The minimum absolute atomic E-state index is 0.241. The molecule has 0 fully saturated rings. The molecule has 15 heteroatoms. The number of ether oxygens (including phenoxy) is 1. The summed E-state index contributed by atoms with van der Waals surface area (Å²) in [5.41, 5.74) is 4.50. The summed E-state index contributed by atoms with van der Waals surface area (Å²) in [5.74, 6) is -4.73. The fourth-order valence-electron chi connectivity index (χ4n) is 1.24. The zero-order chi connectivity index (χ0) is 28.0. The van der Waals surface area contributed by atoms with E-state index < -0.39 is 35.7 Å². The monoisotopic (exact) mass is 498 g/mol. The molecule has 0 aromatic carbocycles. The van der Waals surface area contributed by atoms with Gasteiger partial charge < -0.3 is 31.3 Å². The van der Waals surface area contributed by atoms with Crippen LogP contribution in [0.25, 0.3) is 0 Å². The molecule has 0 aliphatic carbocycles. The third-order valence-corrected chi connectivity index (χ3v) is 2.83. The largest absolute Gasteiger partial charge is 0.478 e. The quantitative estimate of drug-likeness (QED) is 0.117. The van der Waals surface area contributed by atoms with Crippen LogP contribution in [0.5, 0.6) is 0 Å². The third kappa shape index (κ3) is 22.1. The molecule has 35 heavy (non-hydrogen) atoms. The zero-order valence-corrected chi connectivity index (χ0v) is 19.2. The number of nitrogens with one attached hydrogen (secondary N) is 2. The van der Waals surface area contributed by atoms with Crippen LogP contribution in [-0.4, -0.2) is 90.8 Å². The van der Waals surface area contributed by atoms with Gasteiger partial charge in [-0.3, -0.25) is 24.1 Å². The second kappa shape index (κ2) is 21.0. The van der Waals surface area contributed by atoms with E-state index in [0.717, 1.165) is 41.4 Å². The molecule has 4 amide bonds. The average molecular weight is 498 g/mol. The Morgan fingerprint density at radius 2 is 1.06 bits per heavy atom. The molecular weight excluding hydrogens is 472 g/mol. The second-order valence-corrected chi connectivity index (χ2v) is 5.21. The van der Waals surface area contributed by atoms with Crippen LogP contribution in [0.3, 0.4) is 0 Å². The van der Waals surface area contributed by atoms with Gasteiger partial charge in [-0.2, -0.15) is 0 Å². The molecule has 0 saturated heterocycles. The van der Waals surface area contributed by atoms with Gasteiger partial charge in [-0.25, -0.2) is 19.2 Å². The number of hydrogen-bond acceptors (Lipinski definition) is 10. The minimum atomic E-state index is -1.13. The Labute approximate surface area is 199 Å². The number of carboxylic acid groups (broad SMARTS) is 2. The van der Waals surface area contributed by atoms with Crippen molar-refractivity contribution in [2.75, 3.05) is 28.2 Å². The molecule has 0 aromatic rings. The van der Waals surface area contributed by atoms with Crippen LogP contribution in [0.2, 0.25) is 0 Å². The van der Waals surface area contributed by atoms with E-state index in [4.69, 9.17) is 10.2 Å². The molecule has 0 saturated carbocycles. The molecule has 0 unspecified atom stereocenters. The van der Waals surface area contributed by atoms with Crippen molar-refractivity contribution in [3.63, 3.8) is 0 Å². The second-order valence-electron chi connectivity index (χ2n) is 5.21. The van der Waals surface area contributed by atoms with E-state index in [1.54, 1.807) is 0 Å². The van der Waals surface area contributed by atoms with Gasteiger partial charge in [0.05, 0.1) is 0 Å². The Bertz CT molecular complexity index is 848. The van der Waals surface area contributed by atoms with Crippen LogP contribution < -0.4 is 16.4 Å². The summed E-state index contributed by atoms with van der Waals surface area (Å²) >= 11 is 0. The van der Waals surface area contributed by atoms with Crippen molar-refractivity contribution in [1.82, 2.24) is 15.5 Å². The number of likely N-dealkylation sites (N-methyl/N-ethyl adjacent to an activating group) is 3. The van der Waals surface area contributed by atoms with Gasteiger partial charge in [0.1, 0.15) is 0 Å². The highest BCUT2D eigenvalue weighted by atomic mass is 16.6. The van der Waals surface area contributed by atoms with Gasteiger partial charge in [0.25, 0.3) is 11.8 Å². The number of carboxylic acids is 2. The predicted molar refractivity (Wildman–Crippen MR) is 119 cm³/mol. The highest BCUT2D eigenvalue weighted by Crippen LogP contribution is 1.97. The van der Waals surface area contributed by atoms with Gasteiger partial charge in [0.2, 0.25) is 11.8 Å². The smallest absolute Gasteiger partial charge is 0.338 e. The van der Waals surface area contributed by atoms with E-state index in [1.165, 1.54) is 40.3 Å². The van der Waals surface area contributed by atoms with Crippen LogP contribution in [0.1, 0.15) is 0 Å². The molecule has 2 heterocycles. The first-order chi connectivity index (χ1) is 16.3. The summed E-state index contributed by atoms with van der Waals surface area (Å²) in [5, 5.41) is 20.4. The minimum Gasteiger partial charge on any atom is -0.478 e. The van der Waals surface area contributed by atoms with Gasteiger partial charge >= 0.3 is 23.9 Å². The molecule has 0 atom stereocenters. The summed E-state index contributed by atoms with van der Waals surface area (Å²) < 4.78 is 3.97. The maximum Gasteiger partial charge on any atom is 0.338 e. The number of cyclic esters (lactones) is 2. The molecule has 2 aliphatic heterocycles. The Balaban J connectivity index is -0.000000381. The number of nitrogens with two attached hydrogens (primary N) is 1. The SMILES string of the molecule is CN.CN1C(=O)C=CC1=O.CNC(=O)/C=C\C(=O)O.CNC(=O)/C=C\C(=O)O.O=C1C=CC(=O)O1. The molecule has 0 bridgehead atoms. The number of carbonyl (C=O) groups excluding carboxylic acids is 6. The lowest BCUT2D eigenvalue weighted by molar-refractivity contribution is -0.150. The summed E-state index contributed by atoms with van der Waals surface area (Å²) in [6.45, 7) is 0. The Hall–Kier alpha value is -4.92. The molecule has 0 spiro atoms. The number of imide groups is 1. The first kappa shape index (κ1) is 34.7. The molecule has 6 N–H and O–H groups in total. The van der Waals surface area contributed by atoms with E-state index in [-0.39, 0.29) is 11.8 Å². The first-order valence-electron chi connectivity index (χ1n) is 9.10. The molecule has 0 aromatic heterocycles. The predicted octanol–water partition coefficient (Wildman–Crippen LogP) is -2.51. The zero-order valence-electron chi connectivity index (χ0n) is 19.2. The lowest BCUT2D eigenvalue weighted by Gasteiger charge is -2.01. The van der Waals surface area contributed by atoms with E-state index in [0.29, 0.717) is 0 Å². The average Bonchev–Trinajstić information content (AvgIpc) is 3.36. The van der Waals surface area contributed by atoms with E-state index in [2.05, 4.69) is 21.1 Å². The van der Waals surface area contributed by atoms with Crippen LogP contribution in [0.4, 0.5) is 0 Å². The van der Waals surface area contributed by atoms with E-state index in [9.17, 15) is 38.4 Å². The number of nitrogens with zero attached hydrogens (tertiary/aromatic N) is 1. The van der Waals surface area contributed by atoms with Crippen LogP contribution in [0.15, 0.2) is 48.6 Å². The van der Waals surface area contributed by atoms with Gasteiger partial charge in [-0.05, 0) is 7.05 Å². The standard InChI is InChI=1S/2C5H7NO3.C5H5NO2.C4H2O3.CH5N/c2*1-6-4(7)2-3-5(8)9;1-6-4(7)2-3-5(6)8;5-3-1-2-4(6)7-3;1-2/h2*2-3H,1H3,(H,6,7)(H,8,9);2-3H,1H3;1-2H;2H2,1H3/b2*3-2-;;;. The van der Waals surface area contributed by atoms with Crippen molar-refractivity contribution in [2.45, 2.75) is 0 Å². The maximum absolute atomic E-state index is 10.4. The van der Waals surface area contributed by atoms with Crippen molar-refractivity contribution in [2.24, 2.45) is 5.73 Å². The van der Waals surface area contributed by atoms with Crippen molar-refractivity contribution in [3.05, 3.63) is 48.6 Å². The third-order valence-electron chi connectivity index (χ3n) is 2.83. The molecule has 15 nitrogen and oxygen atoms in total. The number of aliphatic carboxylic acids is 2. The van der Waals surface area contributed by atoms with Gasteiger partial charge in [-0.1, -0.05) is 0 Å². The number of carbonyl (C=O) groups is 8. The van der Waals surface area contributed by atoms with Crippen LogP contribution >= 0.6 is 0 Å². The molecular formula is C20H26N4O11. The number of amides is 4. The number of esters is 2. The molecule has 2 aliphatic rings. The van der Waals surface area contributed by atoms with Crippen molar-refractivity contribution >= 4 is 47.5 Å². The molecule has 192 valence electrons. The molecule has 0 radical (unpaired) electrons. The number of rotatable bonds is 4. The fraction of sp³-hybridized carbons (Fsp3) is 0.200. The summed E-state index contributed by atoms with van der Waals surface area (Å²) in [4.78, 5) is 81.7. The van der Waals surface area contributed by atoms with Crippen LogP contribution in [0, 0.1) is 0 Å². The lowest BCUT2D eigenvalue weighted by Crippen LogP contribution is -2.24. The maximum atomic E-state index is 10.4. The van der Waals surface area contributed by atoms with Crippen molar-refractivity contribution in [1.29, 1.82) is 0 Å². The number of hydrogen-bond donors (Lipinski definition) is 5. The first-order valence-corrected chi connectivity index (χ1v) is 9.10. The molecule has 2 rings (SSSR count). The summed E-state index contributed by atoms with van der Waals surface area (Å²) in [6.07, 6.45) is 8.12.